The molecule has 1 aliphatic rings. The quantitative estimate of drug-likeness (QED) is 0.911. The summed E-state index contributed by atoms with van der Waals surface area (Å²) in [4.78, 5) is 20.5. The van der Waals surface area contributed by atoms with E-state index in [9.17, 15) is 9.18 Å². The SMILES string of the molecule is O=C(NC1CCCC1)c1ccnc(Nc2ccc(F)cc2)n1. The minimum absolute atomic E-state index is 0.184. The molecule has 0 unspecified atom stereocenters. The molecule has 5 nitrogen and oxygen atoms in total. The average molecular weight is 300 g/mol. The summed E-state index contributed by atoms with van der Waals surface area (Å²) < 4.78 is 12.9. The molecular formula is C16H17FN4O. The van der Waals surface area contributed by atoms with Crippen LogP contribution in [0.25, 0.3) is 0 Å². The van der Waals surface area contributed by atoms with Gasteiger partial charge in [0.2, 0.25) is 5.95 Å². The van der Waals surface area contributed by atoms with Crippen molar-refractivity contribution in [1.82, 2.24) is 15.3 Å². The van der Waals surface area contributed by atoms with Gasteiger partial charge < -0.3 is 10.6 Å². The van der Waals surface area contributed by atoms with Crippen LogP contribution in [0.3, 0.4) is 0 Å². The number of aromatic nitrogens is 2. The highest BCUT2D eigenvalue weighted by atomic mass is 19.1. The van der Waals surface area contributed by atoms with E-state index in [1.165, 1.54) is 18.3 Å². The third-order valence-corrected chi connectivity index (χ3v) is 3.68. The molecule has 1 aliphatic carbocycles. The van der Waals surface area contributed by atoms with Gasteiger partial charge in [0.1, 0.15) is 11.5 Å². The van der Waals surface area contributed by atoms with Gasteiger partial charge in [0.05, 0.1) is 0 Å². The Morgan fingerprint density at radius 1 is 1.14 bits per heavy atom. The molecule has 1 aromatic carbocycles. The standard InChI is InChI=1S/C16H17FN4O/c17-11-5-7-13(8-6-11)20-16-18-10-9-14(21-16)15(22)19-12-3-1-2-4-12/h5-10,12H,1-4H2,(H,19,22)(H,18,20,21). The zero-order chi connectivity index (χ0) is 15.4. The van der Waals surface area contributed by atoms with Crippen LogP contribution in [0.1, 0.15) is 36.2 Å². The van der Waals surface area contributed by atoms with Crippen molar-refractivity contribution in [3.05, 3.63) is 48.0 Å². The van der Waals surface area contributed by atoms with Crippen LogP contribution in [0, 0.1) is 5.82 Å². The van der Waals surface area contributed by atoms with Gasteiger partial charge in [-0.15, -0.1) is 0 Å². The molecule has 0 radical (unpaired) electrons. The number of carbonyl (C=O) groups excluding carboxylic acids is 1. The topological polar surface area (TPSA) is 66.9 Å². The molecule has 1 aromatic heterocycles. The minimum Gasteiger partial charge on any atom is -0.348 e. The second-order valence-electron chi connectivity index (χ2n) is 5.35. The number of hydrogen-bond acceptors (Lipinski definition) is 4. The van der Waals surface area contributed by atoms with E-state index in [-0.39, 0.29) is 17.8 Å². The lowest BCUT2D eigenvalue weighted by Gasteiger charge is -2.12. The van der Waals surface area contributed by atoms with Gasteiger partial charge in [-0.25, -0.2) is 14.4 Å². The van der Waals surface area contributed by atoms with Crippen molar-refractivity contribution in [3.63, 3.8) is 0 Å². The van der Waals surface area contributed by atoms with Crippen molar-refractivity contribution in [2.24, 2.45) is 0 Å². The Bertz CT molecular complexity index is 653. The fraction of sp³-hybridized carbons (Fsp3) is 0.312. The minimum atomic E-state index is -0.309. The van der Waals surface area contributed by atoms with E-state index < -0.39 is 0 Å². The Labute approximate surface area is 128 Å². The molecule has 2 N–H and O–H groups in total. The molecular weight excluding hydrogens is 283 g/mol. The van der Waals surface area contributed by atoms with Gasteiger partial charge in [0.25, 0.3) is 5.91 Å². The predicted molar refractivity (Wildman–Crippen MR) is 81.4 cm³/mol. The van der Waals surface area contributed by atoms with Gasteiger partial charge >= 0.3 is 0 Å². The maximum absolute atomic E-state index is 12.9. The maximum atomic E-state index is 12.9. The molecule has 0 aliphatic heterocycles. The zero-order valence-corrected chi connectivity index (χ0v) is 12.1. The molecule has 2 aromatic rings. The van der Waals surface area contributed by atoms with Gasteiger partial charge in [0.15, 0.2) is 0 Å². The summed E-state index contributed by atoms with van der Waals surface area (Å²) in [6.07, 6.45) is 5.90. The van der Waals surface area contributed by atoms with E-state index in [1.54, 1.807) is 18.2 Å². The molecule has 0 bridgehead atoms. The largest absolute Gasteiger partial charge is 0.348 e. The molecule has 0 atom stereocenters. The number of rotatable bonds is 4. The van der Waals surface area contributed by atoms with E-state index in [1.807, 2.05) is 0 Å². The third-order valence-electron chi connectivity index (χ3n) is 3.68. The molecule has 6 heteroatoms. The Hall–Kier alpha value is -2.50. The van der Waals surface area contributed by atoms with E-state index in [0.717, 1.165) is 25.7 Å². The van der Waals surface area contributed by atoms with E-state index in [2.05, 4.69) is 20.6 Å². The van der Waals surface area contributed by atoms with Crippen LogP contribution in [-0.2, 0) is 0 Å². The fourth-order valence-electron chi connectivity index (χ4n) is 2.54. The lowest BCUT2D eigenvalue weighted by atomic mass is 10.2. The lowest BCUT2D eigenvalue weighted by molar-refractivity contribution is 0.0933. The number of carbonyl (C=O) groups is 1. The van der Waals surface area contributed by atoms with Gasteiger partial charge in [-0.2, -0.15) is 0 Å². The molecule has 114 valence electrons. The highest BCUT2D eigenvalue weighted by Gasteiger charge is 2.18. The van der Waals surface area contributed by atoms with Crippen LogP contribution in [0.5, 0.6) is 0 Å². The number of nitrogens with one attached hydrogen (secondary N) is 2. The van der Waals surface area contributed by atoms with Gasteiger partial charge in [0, 0.05) is 17.9 Å². The Kier molecular flexibility index (Phi) is 4.27. The van der Waals surface area contributed by atoms with Gasteiger partial charge in [-0.3, -0.25) is 4.79 Å². The predicted octanol–water partition coefficient (Wildman–Crippen LogP) is 3.03. The first-order valence-corrected chi connectivity index (χ1v) is 7.37. The first-order valence-electron chi connectivity index (χ1n) is 7.37. The number of anilines is 2. The highest BCUT2D eigenvalue weighted by Crippen LogP contribution is 2.18. The van der Waals surface area contributed by atoms with Crippen molar-refractivity contribution in [2.45, 2.75) is 31.7 Å². The van der Waals surface area contributed by atoms with Crippen LogP contribution in [0.15, 0.2) is 36.5 Å². The Morgan fingerprint density at radius 3 is 2.59 bits per heavy atom. The first kappa shape index (κ1) is 14.4. The molecule has 22 heavy (non-hydrogen) atoms. The molecule has 1 amide bonds. The molecule has 3 rings (SSSR count). The molecule has 0 saturated heterocycles. The smallest absolute Gasteiger partial charge is 0.270 e. The average Bonchev–Trinajstić information content (AvgIpc) is 3.03. The van der Waals surface area contributed by atoms with Gasteiger partial charge in [-0.05, 0) is 43.2 Å². The molecule has 0 spiro atoms. The van der Waals surface area contributed by atoms with Crippen LogP contribution in [0.4, 0.5) is 16.0 Å². The van der Waals surface area contributed by atoms with Crippen LogP contribution in [0.2, 0.25) is 0 Å². The summed E-state index contributed by atoms with van der Waals surface area (Å²) in [6, 6.07) is 7.70. The van der Waals surface area contributed by atoms with Crippen LogP contribution >= 0.6 is 0 Å². The second kappa shape index (κ2) is 6.51. The molecule has 1 saturated carbocycles. The van der Waals surface area contributed by atoms with Crippen molar-refractivity contribution in [2.75, 3.05) is 5.32 Å². The summed E-state index contributed by atoms with van der Waals surface area (Å²) >= 11 is 0. The number of benzene rings is 1. The van der Waals surface area contributed by atoms with Gasteiger partial charge in [-0.1, -0.05) is 12.8 Å². The Balaban J connectivity index is 1.68. The molecule has 1 heterocycles. The summed E-state index contributed by atoms with van der Waals surface area (Å²) in [7, 11) is 0. The van der Waals surface area contributed by atoms with Crippen LogP contribution in [-0.4, -0.2) is 21.9 Å². The number of amides is 1. The number of nitrogens with zero attached hydrogens (tertiary/aromatic N) is 2. The monoisotopic (exact) mass is 300 g/mol. The highest BCUT2D eigenvalue weighted by molar-refractivity contribution is 5.92. The van der Waals surface area contributed by atoms with Crippen molar-refractivity contribution in [1.29, 1.82) is 0 Å². The Morgan fingerprint density at radius 2 is 1.86 bits per heavy atom. The van der Waals surface area contributed by atoms with Crippen molar-refractivity contribution >= 4 is 17.5 Å². The zero-order valence-electron chi connectivity index (χ0n) is 12.1. The maximum Gasteiger partial charge on any atom is 0.270 e. The van der Waals surface area contributed by atoms with Crippen LogP contribution < -0.4 is 10.6 Å². The summed E-state index contributed by atoms with van der Waals surface area (Å²) in [5.74, 6) is -0.182. The summed E-state index contributed by atoms with van der Waals surface area (Å²) in [6.45, 7) is 0. The molecule has 1 fully saturated rings. The van der Waals surface area contributed by atoms with E-state index in [0.29, 0.717) is 17.3 Å². The second-order valence-corrected chi connectivity index (χ2v) is 5.35. The summed E-state index contributed by atoms with van der Waals surface area (Å²) in [5, 5.41) is 5.94. The summed E-state index contributed by atoms with van der Waals surface area (Å²) in [5.41, 5.74) is 0.987. The number of halogens is 1. The first-order chi connectivity index (χ1) is 10.7. The van der Waals surface area contributed by atoms with Crippen molar-refractivity contribution in [3.8, 4) is 0 Å². The number of hydrogen-bond donors (Lipinski definition) is 2. The van der Waals surface area contributed by atoms with Crippen molar-refractivity contribution < 1.29 is 9.18 Å². The lowest BCUT2D eigenvalue weighted by Crippen LogP contribution is -2.33. The normalized spacial score (nSPS) is 14.8. The van der Waals surface area contributed by atoms with E-state index in [4.69, 9.17) is 0 Å². The van der Waals surface area contributed by atoms with E-state index >= 15 is 0 Å². The fourth-order valence-corrected chi connectivity index (χ4v) is 2.54. The third kappa shape index (κ3) is 3.58.